The van der Waals surface area contributed by atoms with E-state index in [2.05, 4.69) is 0 Å². The van der Waals surface area contributed by atoms with Gasteiger partial charge in [-0.1, -0.05) is 60.7 Å². The first-order valence-corrected chi connectivity index (χ1v) is 8.50. The average Bonchev–Trinajstić information content (AvgIpc) is 2.72. The van der Waals surface area contributed by atoms with Crippen LogP contribution in [0.2, 0.25) is 0 Å². The predicted molar refractivity (Wildman–Crippen MR) is 102 cm³/mol. The van der Waals surface area contributed by atoms with Gasteiger partial charge in [0.05, 0.1) is 13.0 Å². The number of methoxy groups -OCH3 is 1. The molecule has 3 nitrogen and oxygen atoms in total. The molecule has 3 aromatic carbocycles. The molecule has 3 rings (SSSR count). The smallest absolute Gasteiger partial charge is 0.170 e. The zero-order valence-electron chi connectivity index (χ0n) is 14.6. The van der Waals surface area contributed by atoms with Gasteiger partial charge in [0, 0.05) is 17.5 Å². The fraction of sp³-hybridized carbons (Fsp3) is 0.130. The second-order valence-electron chi connectivity index (χ2n) is 6.05. The summed E-state index contributed by atoms with van der Waals surface area (Å²) in [7, 11) is 1.58. The van der Waals surface area contributed by atoms with Crippen LogP contribution in [0.4, 0.5) is 0 Å². The molecule has 0 aliphatic carbocycles. The van der Waals surface area contributed by atoms with Crippen molar-refractivity contribution in [1.29, 1.82) is 0 Å². The van der Waals surface area contributed by atoms with Crippen molar-refractivity contribution in [3.05, 3.63) is 102 Å². The van der Waals surface area contributed by atoms with Crippen LogP contribution in [0, 0.1) is 0 Å². The van der Waals surface area contributed by atoms with E-state index in [1.165, 1.54) is 0 Å². The minimum absolute atomic E-state index is 0.0429. The maximum atomic E-state index is 13.0. The van der Waals surface area contributed by atoms with Crippen LogP contribution in [0.15, 0.2) is 84.9 Å². The fourth-order valence-electron chi connectivity index (χ4n) is 2.93. The first-order valence-electron chi connectivity index (χ1n) is 8.50. The molecular formula is C23H20O3. The van der Waals surface area contributed by atoms with E-state index in [0.717, 1.165) is 5.56 Å². The van der Waals surface area contributed by atoms with Crippen molar-refractivity contribution in [3.63, 3.8) is 0 Å². The molecular weight excluding hydrogens is 324 g/mol. The Balaban J connectivity index is 1.88. The Bertz CT molecular complexity index is 868. The number of carbonyl (C=O) groups is 2. The molecule has 0 aliphatic rings. The standard InChI is InChI=1S/C23H20O3/c1-26-20-14-12-18(13-15-20)22(24)16-21(17-8-4-2-5-9-17)23(25)19-10-6-3-7-11-19/h2-15,21H,16H2,1H3/t21-/m0/s1. The van der Waals surface area contributed by atoms with E-state index in [-0.39, 0.29) is 18.0 Å². The number of hydrogen-bond acceptors (Lipinski definition) is 3. The summed E-state index contributed by atoms with van der Waals surface area (Å²) in [6.07, 6.45) is 0.129. The van der Waals surface area contributed by atoms with Gasteiger partial charge >= 0.3 is 0 Å². The van der Waals surface area contributed by atoms with Crippen LogP contribution in [-0.2, 0) is 0 Å². The monoisotopic (exact) mass is 344 g/mol. The molecule has 3 heteroatoms. The Morgan fingerprint density at radius 1 is 0.769 bits per heavy atom. The van der Waals surface area contributed by atoms with Crippen molar-refractivity contribution in [2.45, 2.75) is 12.3 Å². The van der Waals surface area contributed by atoms with Crippen molar-refractivity contribution in [2.75, 3.05) is 7.11 Å². The Hall–Kier alpha value is -3.20. The molecule has 0 amide bonds. The van der Waals surface area contributed by atoms with Crippen molar-refractivity contribution in [2.24, 2.45) is 0 Å². The highest BCUT2D eigenvalue weighted by Gasteiger charge is 2.25. The predicted octanol–water partition coefficient (Wildman–Crippen LogP) is 4.93. The number of rotatable bonds is 7. The van der Waals surface area contributed by atoms with Crippen LogP contribution in [0.1, 0.15) is 38.6 Å². The summed E-state index contributed by atoms with van der Waals surface area (Å²) in [6.45, 7) is 0. The van der Waals surface area contributed by atoms with E-state index in [9.17, 15) is 9.59 Å². The molecule has 3 aromatic rings. The van der Waals surface area contributed by atoms with Crippen molar-refractivity contribution in [1.82, 2.24) is 0 Å². The number of ether oxygens (including phenoxy) is 1. The molecule has 0 spiro atoms. The third kappa shape index (κ3) is 4.06. The Kier molecular flexibility index (Phi) is 5.59. The molecule has 1 atom stereocenters. The van der Waals surface area contributed by atoms with E-state index in [0.29, 0.717) is 16.9 Å². The number of carbonyl (C=O) groups excluding carboxylic acids is 2. The van der Waals surface area contributed by atoms with Gasteiger partial charge in [0.1, 0.15) is 5.75 Å². The Morgan fingerprint density at radius 2 is 1.35 bits per heavy atom. The summed E-state index contributed by atoms with van der Waals surface area (Å²) in [5.41, 5.74) is 2.04. The topological polar surface area (TPSA) is 43.4 Å². The summed E-state index contributed by atoms with van der Waals surface area (Å²) in [5, 5.41) is 0. The Labute approximate surface area is 153 Å². The highest BCUT2D eigenvalue weighted by Crippen LogP contribution is 2.26. The second kappa shape index (κ2) is 8.26. The highest BCUT2D eigenvalue weighted by atomic mass is 16.5. The maximum Gasteiger partial charge on any atom is 0.170 e. The minimum atomic E-state index is -0.506. The number of benzene rings is 3. The number of ketones is 2. The molecule has 0 N–H and O–H groups in total. The lowest BCUT2D eigenvalue weighted by atomic mass is 9.85. The van der Waals surface area contributed by atoms with Gasteiger partial charge in [0.2, 0.25) is 0 Å². The lowest BCUT2D eigenvalue weighted by molar-refractivity contribution is 0.0893. The lowest BCUT2D eigenvalue weighted by Crippen LogP contribution is -2.17. The van der Waals surface area contributed by atoms with Gasteiger partial charge in [-0.2, -0.15) is 0 Å². The van der Waals surface area contributed by atoms with Gasteiger partial charge < -0.3 is 4.74 Å². The molecule has 26 heavy (non-hydrogen) atoms. The van der Waals surface area contributed by atoms with Crippen molar-refractivity contribution >= 4 is 11.6 Å². The summed E-state index contributed by atoms with van der Waals surface area (Å²) in [6, 6.07) is 25.6. The van der Waals surface area contributed by atoms with Gasteiger partial charge in [-0.25, -0.2) is 0 Å². The molecule has 130 valence electrons. The first kappa shape index (κ1) is 17.6. The van der Waals surface area contributed by atoms with E-state index < -0.39 is 5.92 Å². The van der Waals surface area contributed by atoms with E-state index in [4.69, 9.17) is 4.74 Å². The number of Topliss-reactive ketones (excluding diaryl/α,β-unsaturated/α-hetero) is 2. The van der Waals surface area contributed by atoms with Gasteiger partial charge in [0.15, 0.2) is 11.6 Å². The second-order valence-corrected chi connectivity index (χ2v) is 6.05. The number of hydrogen-bond donors (Lipinski definition) is 0. The van der Waals surface area contributed by atoms with Crippen molar-refractivity contribution < 1.29 is 14.3 Å². The van der Waals surface area contributed by atoms with Crippen LogP contribution in [0.3, 0.4) is 0 Å². The molecule has 0 bridgehead atoms. The van der Waals surface area contributed by atoms with Gasteiger partial charge in [-0.05, 0) is 29.8 Å². The highest BCUT2D eigenvalue weighted by molar-refractivity contribution is 6.06. The summed E-state index contributed by atoms with van der Waals surface area (Å²) in [4.78, 5) is 25.8. The Morgan fingerprint density at radius 3 is 1.92 bits per heavy atom. The quantitative estimate of drug-likeness (QED) is 0.571. The summed E-state index contributed by atoms with van der Waals surface area (Å²) >= 11 is 0. The van der Waals surface area contributed by atoms with Crippen molar-refractivity contribution in [3.8, 4) is 5.75 Å². The SMILES string of the molecule is COc1ccc(C(=O)C[C@H](C(=O)c2ccccc2)c2ccccc2)cc1. The van der Waals surface area contributed by atoms with Crippen LogP contribution in [-0.4, -0.2) is 18.7 Å². The zero-order chi connectivity index (χ0) is 18.4. The fourth-order valence-corrected chi connectivity index (χ4v) is 2.93. The summed E-state index contributed by atoms with van der Waals surface area (Å²) < 4.78 is 5.13. The van der Waals surface area contributed by atoms with Gasteiger partial charge in [-0.3, -0.25) is 9.59 Å². The first-order chi connectivity index (χ1) is 12.7. The van der Waals surface area contributed by atoms with Crippen LogP contribution in [0.5, 0.6) is 5.75 Å². The van der Waals surface area contributed by atoms with E-state index in [1.807, 2.05) is 48.5 Å². The summed E-state index contributed by atoms with van der Waals surface area (Å²) in [5.74, 6) is 0.0826. The largest absolute Gasteiger partial charge is 0.497 e. The minimum Gasteiger partial charge on any atom is -0.497 e. The van der Waals surface area contributed by atoms with Crippen LogP contribution in [0.25, 0.3) is 0 Å². The lowest BCUT2D eigenvalue weighted by Gasteiger charge is -2.16. The molecule has 0 aromatic heterocycles. The van der Waals surface area contributed by atoms with Gasteiger partial charge in [-0.15, -0.1) is 0 Å². The normalized spacial score (nSPS) is 11.6. The third-order valence-electron chi connectivity index (χ3n) is 4.38. The molecule has 0 aliphatic heterocycles. The van der Waals surface area contributed by atoms with Gasteiger partial charge in [0.25, 0.3) is 0 Å². The molecule has 0 unspecified atom stereocenters. The molecule has 0 saturated carbocycles. The maximum absolute atomic E-state index is 13.0. The van der Waals surface area contributed by atoms with Crippen LogP contribution >= 0.6 is 0 Å². The average molecular weight is 344 g/mol. The molecule has 0 heterocycles. The molecule has 0 saturated heterocycles. The molecule has 0 fully saturated rings. The van der Waals surface area contributed by atoms with E-state index in [1.54, 1.807) is 43.5 Å². The zero-order valence-corrected chi connectivity index (χ0v) is 14.6. The third-order valence-corrected chi connectivity index (χ3v) is 4.38. The molecule has 0 radical (unpaired) electrons. The van der Waals surface area contributed by atoms with Crippen LogP contribution < -0.4 is 4.74 Å². The van der Waals surface area contributed by atoms with E-state index >= 15 is 0 Å².